The molecule has 0 radical (unpaired) electrons. The number of hydrogen-bond donors (Lipinski definition) is 3. The highest BCUT2D eigenvalue weighted by atomic mass is 16.1. The Morgan fingerprint density at radius 3 is 2.80 bits per heavy atom. The molecule has 1 saturated carbocycles. The summed E-state index contributed by atoms with van der Waals surface area (Å²) in [5.41, 5.74) is 4.46. The molecule has 1 aliphatic carbocycles. The largest absolute Gasteiger partial charge is 0.352 e. The van der Waals surface area contributed by atoms with E-state index in [9.17, 15) is 4.79 Å². The first-order valence-electron chi connectivity index (χ1n) is 14.6. The summed E-state index contributed by atoms with van der Waals surface area (Å²) in [7, 11) is 0. The molecule has 204 valence electrons. The van der Waals surface area contributed by atoms with Gasteiger partial charge in [0, 0.05) is 52.7 Å². The van der Waals surface area contributed by atoms with Gasteiger partial charge in [-0.15, -0.1) is 0 Å². The molecule has 1 atom stereocenters. The van der Waals surface area contributed by atoms with Crippen LogP contribution in [0.15, 0.2) is 60.9 Å². The molecular formula is C32H35N7O. The minimum Gasteiger partial charge on any atom is -0.352 e. The van der Waals surface area contributed by atoms with E-state index in [-0.39, 0.29) is 5.78 Å². The minimum atomic E-state index is 0.213. The fourth-order valence-corrected chi connectivity index (χ4v) is 6.57. The van der Waals surface area contributed by atoms with Crippen molar-refractivity contribution < 1.29 is 4.79 Å². The van der Waals surface area contributed by atoms with E-state index in [0.29, 0.717) is 29.7 Å². The van der Waals surface area contributed by atoms with Gasteiger partial charge in [-0.3, -0.25) is 9.89 Å². The lowest BCUT2D eigenvalue weighted by Gasteiger charge is -2.40. The molecule has 5 aromatic rings. The molecule has 2 aromatic carbocycles. The summed E-state index contributed by atoms with van der Waals surface area (Å²) in [4.78, 5) is 28.6. The van der Waals surface area contributed by atoms with Crippen LogP contribution in [0.4, 0.5) is 11.5 Å². The summed E-state index contributed by atoms with van der Waals surface area (Å²) >= 11 is 0. The van der Waals surface area contributed by atoms with Crippen molar-refractivity contribution in [2.24, 2.45) is 5.92 Å². The number of hydrogen-bond acceptors (Lipinski definition) is 6. The lowest BCUT2D eigenvalue weighted by molar-refractivity contribution is 0.0799. The molecule has 1 saturated heterocycles. The van der Waals surface area contributed by atoms with Crippen molar-refractivity contribution in [3.63, 3.8) is 0 Å². The summed E-state index contributed by atoms with van der Waals surface area (Å²) < 4.78 is 0. The number of rotatable bonds is 7. The predicted molar refractivity (Wildman–Crippen MR) is 159 cm³/mol. The molecule has 8 nitrogen and oxygen atoms in total. The Bertz CT molecular complexity index is 1650. The van der Waals surface area contributed by atoms with Crippen molar-refractivity contribution >= 4 is 39.1 Å². The number of Topliss-reactive ketones (excluding diaryl/α,β-unsaturated/α-hetero) is 1. The van der Waals surface area contributed by atoms with Crippen molar-refractivity contribution in [2.75, 3.05) is 18.4 Å². The van der Waals surface area contributed by atoms with E-state index in [2.05, 4.69) is 30.4 Å². The Morgan fingerprint density at radius 2 is 1.88 bits per heavy atom. The molecule has 1 aliphatic heterocycles. The van der Waals surface area contributed by atoms with Crippen molar-refractivity contribution in [1.82, 2.24) is 30.0 Å². The Kier molecular flexibility index (Phi) is 6.77. The average Bonchev–Trinajstić information content (AvgIpc) is 3.64. The van der Waals surface area contributed by atoms with Gasteiger partial charge < -0.3 is 15.2 Å². The van der Waals surface area contributed by atoms with Crippen LogP contribution in [0.3, 0.4) is 0 Å². The van der Waals surface area contributed by atoms with Gasteiger partial charge in [-0.25, -0.2) is 9.97 Å². The molecule has 40 heavy (non-hydrogen) atoms. The second kappa shape index (κ2) is 10.8. The van der Waals surface area contributed by atoms with Gasteiger partial charge >= 0.3 is 0 Å². The number of likely N-dealkylation sites (tertiary alicyclic amines) is 1. The predicted octanol–water partition coefficient (Wildman–Crippen LogP) is 6.86. The number of benzene rings is 2. The van der Waals surface area contributed by atoms with Gasteiger partial charge in [0.25, 0.3) is 0 Å². The maximum absolute atomic E-state index is 13.3. The maximum Gasteiger partial charge on any atom is 0.179 e. The summed E-state index contributed by atoms with van der Waals surface area (Å²) in [6.45, 7) is 2.27. The smallest absolute Gasteiger partial charge is 0.179 e. The second-order valence-electron chi connectivity index (χ2n) is 11.5. The average molecular weight is 534 g/mol. The third kappa shape index (κ3) is 5.23. The first-order valence-corrected chi connectivity index (χ1v) is 14.6. The number of carbonyl (C=O) groups is 1. The Labute approximate surface area is 233 Å². The van der Waals surface area contributed by atoms with Gasteiger partial charge in [0.15, 0.2) is 11.6 Å². The third-order valence-electron chi connectivity index (χ3n) is 8.66. The molecule has 3 aromatic heterocycles. The van der Waals surface area contributed by atoms with Crippen LogP contribution in [0.25, 0.3) is 33.2 Å². The highest BCUT2D eigenvalue weighted by Gasteiger charge is 2.28. The normalized spacial score (nSPS) is 18.9. The number of aromatic amines is 2. The van der Waals surface area contributed by atoms with Gasteiger partial charge in [-0.05, 0) is 74.5 Å². The van der Waals surface area contributed by atoms with Crippen LogP contribution < -0.4 is 5.32 Å². The van der Waals surface area contributed by atoms with E-state index in [1.54, 1.807) is 12.4 Å². The van der Waals surface area contributed by atoms with Gasteiger partial charge in [0.1, 0.15) is 5.82 Å². The number of H-pyrrole nitrogens is 2. The van der Waals surface area contributed by atoms with Gasteiger partial charge in [0.2, 0.25) is 0 Å². The number of nitrogens with zero attached hydrogens (tertiary/aromatic N) is 4. The highest BCUT2D eigenvalue weighted by Crippen LogP contribution is 2.30. The van der Waals surface area contributed by atoms with Gasteiger partial charge in [-0.1, -0.05) is 31.4 Å². The van der Waals surface area contributed by atoms with Crippen LogP contribution in [-0.2, 0) is 0 Å². The Morgan fingerprint density at radius 1 is 0.950 bits per heavy atom. The lowest BCUT2D eigenvalue weighted by Crippen LogP contribution is -2.44. The van der Waals surface area contributed by atoms with Crippen LogP contribution in [0, 0.1) is 5.92 Å². The monoisotopic (exact) mass is 533 g/mol. The SMILES string of the molecule is O=C(CC1CCCN(C2CCCCC2)C1)c1cc2ccc(-c3nccc(Nc4ccc5[nH]ncc5c4)n3)cc2[nH]1. The standard InChI is InChI=1S/C32H35N7O/c40-30(15-21-5-4-14-39(20-21)26-6-2-1-3-7-26)29-17-22-8-9-23(18-28(22)36-29)32-33-13-12-31(37-32)35-25-10-11-27-24(16-25)19-34-38-27/h8-13,16-19,21,26,36H,1-7,14-15,20H2,(H,34,38)(H,33,35,37). The van der Waals surface area contributed by atoms with E-state index in [4.69, 9.17) is 4.98 Å². The van der Waals surface area contributed by atoms with Crippen LogP contribution in [0.5, 0.6) is 0 Å². The van der Waals surface area contributed by atoms with E-state index >= 15 is 0 Å². The number of carbonyl (C=O) groups excluding carboxylic acids is 1. The Balaban J connectivity index is 1.05. The number of nitrogens with one attached hydrogen (secondary N) is 3. The quantitative estimate of drug-likeness (QED) is 0.198. The molecule has 2 fully saturated rings. The summed E-state index contributed by atoms with van der Waals surface area (Å²) in [6.07, 6.45) is 13.3. The summed E-state index contributed by atoms with van der Waals surface area (Å²) in [6, 6.07) is 16.7. The van der Waals surface area contributed by atoms with Crippen molar-refractivity contribution in [3.05, 3.63) is 66.6 Å². The molecule has 1 unspecified atom stereocenters. The zero-order valence-corrected chi connectivity index (χ0v) is 22.7. The number of piperidine rings is 1. The highest BCUT2D eigenvalue weighted by molar-refractivity contribution is 6.00. The second-order valence-corrected chi connectivity index (χ2v) is 11.5. The molecule has 0 amide bonds. The first kappa shape index (κ1) is 25.0. The van der Waals surface area contributed by atoms with Crippen LogP contribution in [0.2, 0.25) is 0 Å². The minimum absolute atomic E-state index is 0.213. The van der Waals surface area contributed by atoms with E-state index in [1.807, 2.05) is 48.5 Å². The van der Waals surface area contributed by atoms with Crippen molar-refractivity contribution in [3.8, 4) is 11.4 Å². The number of ketones is 1. The molecule has 0 bridgehead atoms. The number of aromatic nitrogens is 5. The molecular weight excluding hydrogens is 498 g/mol. The van der Waals surface area contributed by atoms with Crippen molar-refractivity contribution in [1.29, 1.82) is 0 Å². The van der Waals surface area contributed by atoms with Gasteiger partial charge in [-0.2, -0.15) is 5.10 Å². The number of anilines is 2. The van der Waals surface area contributed by atoms with Crippen LogP contribution in [-0.4, -0.2) is 55.0 Å². The van der Waals surface area contributed by atoms with E-state index < -0.39 is 0 Å². The fraction of sp³-hybridized carbons (Fsp3) is 0.375. The molecule has 2 aliphatic rings. The fourth-order valence-electron chi connectivity index (χ4n) is 6.57. The zero-order chi connectivity index (χ0) is 26.9. The van der Waals surface area contributed by atoms with Crippen LogP contribution >= 0.6 is 0 Å². The summed E-state index contributed by atoms with van der Waals surface area (Å²) in [5.74, 6) is 2.00. The van der Waals surface area contributed by atoms with E-state index in [0.717, 1.165) is 52.1 Å². The molecule has 0 spiro atoms. The van der Waals surface area contributed by atoms with E-state index in [1.165, 1.54) is 45.1 Å². The topological polar surface area (TPSA) is 103 Å². The first-order chi connectivity index (χ1) is 19.7. The molecule has 4 heterocycles. The zero-order valence-electron chi connectivity index (χ0n) is 22.7. The van der Waals surface area contributed by atoms with Crippen LogP contribution in [0.1, 0.15) is 61.9 Å². The van der Waals surface area contributed by atoms with Gasteiger partial charge in [0.05, 0.1) is 17.4 Å². The van der Waals surface area contributed by atoms with Crippen molar-refractivity contribution in [2.45, 2.75) is 57.4 Å². The molecule has 8 heteroatoms. The maximum atomic E-state index is 13.3. The Hall–Kier alpha value is -4.04. The molecule has 3 N–H and O–H groups in total. The molecule has 7 rings (SSSR count). The third-order valence-corrected chi connectivity index (χ3v) is 8.66. The summed E-state index contributed by atoms with van der Waals surface area (Å²) in [5, 5.41) is 12.5. The number of fused-ring (bicyclic) bond motifs is 2. The lowest BCUT2D eigenvalue weighted by atomic mass is 9.88.